The van der Waals surface area contributed by atoms with Gasteiger partial charge in [0.05, 0.1) is 0 Å². The van der Waals surface area contributed by atoms with Crippen LogP contribution in [0, 0.1) is 6.92 Å². The van der Waals surface area contributed by atoms with E-state index in [9.17, 15) is 0 Å². The molecule has 0 aromatic heterocycles. The Balaban J connectivity index is 3.05. The van der Waals surface area contributed by atoms with Gasteiger partial charge in [-0.3, -0.25) is 0 Å². The Bertz CT molecular complexity index is 305. The van der Waals surface area contributed by atoms with Crippen LogP contribution < -0.4 is 5.73 Å². The number of hydrogen-bond acceptors (Lipinski definition) is 1. The molecule has 12 heavy (non-hydrogen) atoms. The highest BCUT2D eigenvalue weighted by Gasteiger charge is 1.99. The third kappa shape index (κ3) is 1.96. The molecule has 1 aromatic rings. The van der Waals surface area contributed by atoms with Crippen molar-refractivity contribution in [2.75, 3.05) is 6.54 Å². The lowest BCUT2D eigenvalue weighted by molar-refractivity contribution is 1.26. The van der Waals surface area contributed by atoms with Gasteiger partial charge in [0.2, 0.25) is 0 Å². The number of halogens is 1. The minimum Gasteiger partial charge on any atom is -0.326 e. The van der Waals surface area contributed by atoms with E-state index in [0.29, 0.717) is 6.54 Å². The van der Waals surface area contributed by atoms with Crippen molar-refractivity contribution >= 4 is 21.5 Å². The van der Waals surface area contributed by atoms with Gasteiger partial charge in [-0.25, -0.2) is 0 Å². The van der Waals surface area contributed by atoms with E-state index < -0.39 is 0 Å². The molecule has 64 valence electrons. The zero-order valence-corrected chi connectivity index (χ0v) is 8.69. The third-order valence-electron chi connectivity index (χ3n) is 1.83. The van der Waals surface area contributed by atoms with E-state index in [-0.39, 0.29) is 0 Å². The van der Waals surface area contributed by atoms with Crippen molar-refractivity contribution in [1.82, 2.24) is 0 Å². The predicted octanol–water partition coefficient (Wildman–Crippen LogP) is 2.73. The van der Waals surface area contributed by atoms with Crippen molar-refractivity contribution in [3.63, 3.8) is 0 Å². The third-order valence-corrected chi connectivity index (χ3v) is 2.68. The van der Waals surface area contributed by atoms with Crippen LogP contribution in [0.1, 0.15) is 11.1 Å². The van der Waals surface area contributed by atoms with Gasteiger partial charge in [0, 0.05) is 11.0 Å². The first kappa shape index (κ1) is 9.49. The lowest BCUT2D eigenvalue weighted by Crippen LogP contribution is -2.00. The fourth-order valence-corrected chi connectivity index (χ4v) is 1.31. The van der Waals surface area contributed by atoms with Gasteiger partial charge in [-0.1, -0.05) is 34.6 Å². The maximum Gasteiger partial charge on any atom is 0.0210 e. The van der Waals surface area contributed by atoms with Crippen LogP contribution >= 0.6 is 15.9 Å². The number of aryl methyl sites for hydroxylation is 1. The van der Waals surface area contributed by atoms with Crippen LogP contribution in [0.4, 0.5) is 0 Å². The fourth-order valence-electron chi connectivity index (χ4n) is 0.931. The molecule has 0 bridgehead atoms. The van der Waals surface area contributed by atoms with E-state index in [1.165, 1.54) is 5.56 Å². The molecule has 0 atom stereocenters. The second-order valence-electron chi connectivity index (χ2n) is 2.77. The summed E-state index contributed by atoms with van der Waals surface area (Å²) in [4.78, 5) is 0. The molecule has 0 aliphatic carbocycles. The van der Waals surface area contributed by atoms with Gasteiger partial charge in [0.15, 0.2) is 0 Å². The quantitative estimate of drug-likeness (QED) is 0.824. The molecular formula is C10H12BrN. The lowest BCUT2D eigenvalue weighted by atomic mass is 10.1. The summed E-state index contributed by atoms with van der Waals surface area (Å²) in [6.45, 7) is 6.43. The molecule has 0 saturated carbocycles. The van der Waals surface area contributed by atoms with Gasteiger partial charge >= 0.3 is 0 Å². The molecule has 0 aliphatic heterocycles. The van der Waals surface area contributed by atoms with E-state index in [2.05, 4.69) is 35.5 Å². The Morgan fingerprint density at radius 1 is 1.58 bits per heavy atom. The van der Waals surface area contributed by atoms with Gasteiger partial charge in [-0.05, 0) is 29.7 Å². The van der Waals surface area contributed by atoms with Crippen molar-refractivity contribution in [3.8, 4) is 0 Å². The maximum atomic E-state index is 5.48. The smallest absolute Gasteiger partial charge is 0.0210 e. The summed E-state index contributed by atoms with van der Waals surface area (Å²) in [7, 11) is 0. The SMILES string of the molecule is C=C(CN)c1ccc(C)c(Br)c1. The van der Waals surface area contributed by atoms with Crippen molar-refractivity contribution < 1.29 is 0 Å². The van der Waals surface area contributed by atoms with Crippen LogP contribution in [0.3, 0.4) is 0 Å². The van der Waals surface area contributed by atoms with E-state index in [1.807, 2.05) is 12.1 Å². The number of hydrogen-bond donors (Lipinski definition) is 1. The van der Waals surface area contributed by atoms with Gasteiger partial charge in [-0.15, -0.1) is 0 Å². The highest BCUT2D eigenvalue weighted by Crippen LogP contribution is 2.20. The first-order valence-electron chi connectivity index (χ1n) is 3.79. The molecule has 0 unspecified atom stereocenters. The van der Waals surface area contributed by atoms with Crippen LogP contribution in [0.15, 0.2) is 29.3 Å². The van der Waals surface area contributed by atoms with Crippen molar-refractivity contribution in [2.24, 2.45) is 5.73 Å². The van der Waals surface area contributed by atoms with E-state index >= 15 is 0 Å². The van der Waals surface area contributed by atoms with Crippen molar-refractivity contribution in [1.29, 1.82) is 0 Å². The highest BCUT2D eigenvalue weighted by atomic mass is 79.9. The molecule has 1 aromatic carbocycles. The molecule has 0 radical (unpaired) electrons. The minimum absolute atomic E-state index is 0.509. The maximum absolute atomic E-state index is 5.48. The molecule has 0 amide bonds. The molecule has 1 nitrogen and oxygen atoms in total. The summed E-state index contributed by atoms with van der Waals surface area (Å²) >= 11 is 3.46. The minimum atomic E-state index is 0.509. The zero-order valence-electron chi connectivity index (χ0n) is 7.10. The second kappa shape index (κ2) is 3.87. The number of benzene rings is 1. The Morgan fingerprint density at radius 2 is 2.25 bits per heavy atom. The lowest BCUT2D eigenvalue weighted by Gasteiger charge is -2.04. The summed E-state index contributed by atoms with van der Waals surface area (Å²) in [6.07, 6.45) is 0. The summed E-state index contributed by atoms with van der Waals surface area (Å²) in [6, 6.07) is 6.14. The molecule has 2 heteroatoms. The first-order valence-corrected chi connectivity index (χ1v) is 4.59. The van der Waals surface area contributed by atoms with Crippen molar-refractivity contribution in [2.45, 2.75) is 6.92 Å². The van der Waals surface area contributed by atoms with Crippen LogP contribution in [0.2, 0.25) is 0 Å². The highest BCUT2D eigenvalue weighted by molar-refractivity contribution is 9.10. The van der Waals surface area contributed by atoms with Gasteiger partial charge < -0.3 is 5.73 Å². The predicted molar refractivity (Wildman–Crippen MR) is 57.0 cm³/mol. The van der Waals surface area contributed by atoms with Gasteiger partial charge in [-0.2, -0.15) is 0 Å². The fraction of sp³-hybridized carbons (Fsp3) is 0.200. The second-order valence-corrected chi connectivity index (χ2v) is 3.63. The molecule has 0 heterocycles. The molecular weight excluding hydrogens is 214 g/mol. The summed E-state index contributed by atoms with van der Waals surface area (Å²) in [5.74, 6) is 0. The largest absolute Gasteiger partial charge is 0.326 e. The Hall–Kier alpha value is -0.600. The molecule has 0 aliphatic rings. The molecule has 1 rings (SSSR count). The van der Waals surface area contributed by atoms with E-state index in [1.54, 1.807) is 0 Å². The Morgan fingerprint density at radius 3 is 2.75 bits per heavy atom. The van der Waals surface area contributed by atoms with Gasteiger partial charge in [0.1, 0.15) is 0 Å². The molecule has 0 saturated heterocycles. The van der Waals surface area contributed by atoms with E-state index in [0.717, 1.165) is 15.6 Å². The monoisotopic (exact) mass is 225 g/mol. The topological polar surface area (TPSA) is 26.0 Å². The molecule has 0 spiro atoms. The van der Waals surface area contributed by atoms with Gasteiger partial charge in [0.25, 0.3) is 0 Å². The van der Waals surface area contributed by atoms with Crippen LogP contribution in [-0.4, -0.2) is 6.54 Å². The normalized spacial score (nSPS) is 9.92. The summed E-state index contributed by atoms with van der Waals surface area (Å²) in [5.41, 5.74) is 8.78. The molecule has 2 N–H and O–H groups in total. The van der Waals surface area contributed by atoms with Crippen LogP contribution in [0.25, 0.3) is 5.57 Å². The van der Waals surface area contributed by atoms with Crippen molar-refractivity contribution in [3.05, 3.63) is 40.4 Å². The van der Waals surface area contributed by atoms with Crippen LogP contribution in [0.5, 0.6) is 0 Å². The first-order chi connectivity index (χ1) is 5.65. The average Bonchev–Trinajstić information content (AvgIpc) is 2.08. The van der Waals surface area contributed by atoms with E-state index in [4.69, 9.17) is 5.73 Å². The Kier molecular flexibility index (Phi) is 3.06. The van der Waals surface area contributed by atoms with Crippen LogP contribution in [-0.2, 0) is 0 Å². The summed E-state index contributed by atoms with van der Waals surface area (Å²) in [5, 5.41) is 0. The number of rotatable bonds is 2. The zero-order chi connectivity index (χ0) is 9.14. The Labute approximate surface area is 81.4 Å². The summed E-state index contributed by atoms with van der Waals surface area (Å²) < 4.78 is 1.11. The standard InChI is InChI=1S/C10H12BrN/c1-7-3-4-9(5-10(7)11)8(2)6-12/h3-5H,2,6,12H2,1H3. The number of nitrogens with two attached hydrogens (primary N) is 1. The molecule has 0 fully saturated rings. The average molecular weight is 226 g/mol.